The van der Waals surface area contributed by atoms with Gasteiger partial charge in [0, 0.05) is 25.1 Å². The third kappa shape index (κ3) is 5.19. The van der Waals surface area contributed by atoms with Crippen LogP contribution in [0.1, 0.15) is 44.1 Å². The molecule has 3 rings (SSSR count). The fourth-order valence-electron chi connectivity index (χ4n) is 3.46. The van der Waals surface area contributed by atoms with Crippen molar-refractivity contribution in [1.82, 2.24) is 10.2 Å². The van der Waals surface area contributed by atoms with Crippen LogP contribution in [0.15, 0.2) is 29.2 Å². The Morgan fingerprint density at radius 1 is 1.26 bits per heavy atom. The molecule has 1 heterocycles. The van der Waals surface area contributed by atoms with Crippen molar-refractivity contribution in [3.8, 4) is 0 Å². The van der Waals surface area contributed by atoms with Gasteiger partial charge in [-0.05, 0) is 36.2 Å². The third-order valence-corrected chi connectivity index (χ3v) is 5.88. The van der Waals surface area contributed by atoms with E-state index in [1.54, 1.807) is 18.2 Å². The number of hydrogen-bond acceptors (Lipinski definition) is 4. The summed E-state index contributed by atoms with van der Waals surface area (Å²) < 4.78 is 13.7. The number of rotatable bonds is 7. The molecular formula is C20H23FN2O3S. The van der Waals surface area contributed by atoms with Crippen LogP contribution in [-0.2, 0) is 9.59 Å². The molecule has 0 spiro atoms. The van der Waals surface area contributed by atoms with E-state index in [-0.39, 0.29) is 29.5 Å². The fraction of sp³-hybridized carbons (Fsp3) is 0.450. The topological polar surface area (TPSA) is 66.5 Å². The molecule has 0 unspecified atom stereocenters. The van der Waals surface area contributed by atoms with Gasteiger partial charge in [0.25, 0.3) is 11.1 Å². The second-order valence-electron chi connectivity index (χ2n) is 6.89. The summed E-state index contributed by atoms with van der Waals surface area (Å²) in [6, 6.07) is 6.08. The Hall–Kier alpha value is -2.15. The van der Waals surface area contributed by atoms with E-state index in [4.69, 9.17) is 0 Å². The van der Waals surface area contributed by atoms with E-state index in [2.05, 4.69) is 5.32 Å². The van der Waals surface area contributed by atoms with Crippen molar-refractivity contribution < 1.29 is 18.8 Å². The van der Waals surface area contributed by atoms with Crippen LogP contribution < -0.4 is 5.32 Å². The van der Waals surface area contributed by atoms with Crippen LogP contribution in [-0.4, -0.2) is 35.0 Å². The minimum atomic E-state index is -0.451. The SMILES string of the molecule is O=C(CCC1CCCC1)NCCN1C(=O)S/C(=C\c2ccccc2F)C1=O. The van der Waals surface area contributed by atoms with Crippen molar-refractivity contribution in [2.24, 2.45) is 5.92 Å². The molecule has 3 amide bonds. The Morgan fingerprint density at radius 2 is 2.00 bits per heavy atom. The number of amides is 3. The highest BCUT2D eigenvalue weighted by Crippen LogP contribution is 2.32. The van der Waals surface area contributed by atoms with Gasteiger partial charge in [0.1, 0.15) is 5.82 Å². The number of carbonyl (C=O) groups excluding carboxylic acids is 3. The van der Waals surface area contributed by atoms with Gasteiger partial charge in [-0.1, -0.05) is 43.9 Å². The van der Waals surface area contributed by atoms with Crippen LogP contribution in [0.3, 0.4) is 0 Å². The van der Waals surface area contributed by atoms with Crippen molar-refractivity contribution >= 4 is 34.9 Å². The van der Waals surface area contributed by atoms with Crippen molar-refractivity contribution in [3.05, 3.63) is 40.6 Å². The lowest BCUT2D eigenvalue weighted by atomic mass is 10.0. The number of imide groups is 1. The van der Waals surface area contributed by atoms with Gasteiger partial charge in [-0.15, -0.1) is 0 Å². The lowest BCUT2D eigenvalue weighted by molar-refractivity contribution is -0.124. The predicted octanol–water partition coefficient (Wildman–Crippen LogP) is 3.95. The summed E-state index contributed by atoms with van der Waals surface area (Å²) in [6.07, 6.45) is 7.70. The Labute approximate surface area is 162 Å². The highest BCUT2D eigenvalue weighted by Gasteiger charge is 2.34. The molecule has 1 aliphatic carbocycles. The summed E-state index contributed by atoms with van der Waals surface area (Å²) in [5.74, 6) is -0.289. The monoisotopic (exact) mass is 390 g/mol. The van der Waals surface area contributed by atoms with Crippen LogP contribution in [0.2, 0.25) is 0 Å². The van der Waals surface area contributed by atoms with Gasteiger partial charge >= 0.3 is 0 Å². The summed E-state index contributed by atoms with van der Waals surface area (Å²) in [7, 11) is 0. The highest BCUT2D eigenvalue weighted by atomic mass is 32.2. The van der Waals surface area contributed by atoms with Gasteiger partial charge in [0.2, 0.25) is 5.91 Å². The van der Waals surface area contributed by atoms with Crippen LogP contribution in [0, 0.1) is 11.7 Å². The molecule has 1 aromatic carbocycles. The largest absolute Gasteiger partial charge is 0.354 e. The quantitative estimate of drug-likeness (QED) is 0.716. The first-order valence-corrected chi connectivity index (χ1v) is 10.1. The summed E-state index contributed by atoms with van der Waals surface area (Å²) in [6.45, 7) is 0.350. The Balaban J connectivity index is 1.47. The van der Waals surface area contributed by atoms with Gasteiger partial charge in [-0.3, -0.25) is 19.3 Å². The van der Waals surface area contributed by atoms with Crippen molar-refractivity contribution in [2.75, 3.05) is 13.1 Å². The number of benzene rings is 1. The van der Waals surface area contributed by atoms with Crippen molar-refractivity contribution in [3.63, 3.8) is 0 Å². The smallest absolute Gasteiger partial charge is 0.293 e. The van der Waals surface area contributed by atoms with E-state index in [1.165, 1.54) is 37.8 Å². The second kappa shape index (κ2) is 9.17. The molecule has 1 N–H and O–H groups in total. The van der Waals surface area contributed by atoms with E-state index < -0.39 is 17.0 Å². The van der Waals surface area contributed by atoms with Crippen LogP contribution >= 0.6 is 11.8 Å². The zero-order valence-corrected chi connectivity index (χ0v) is 15.9. The van der Waals surface area contributed by atoms with E-state index in [1.807, 2.05) is 0 Å². The van der Waals surface area contributed by atoms with E-state index in [0.717, 1.165) is 23.1 Å². The van der Waals surface area contributed by atoms with Crippen molar-refractivity contribution in [2.45, 2.75) is 38.5 Å². The lowest BCUT2D eigenvalue weighted by Gasteiger charge is -2.13. The number of hydrogen-bond donors (Lipinski definition) is 1. The van der Waals surface area contributed by atoms with Gasteiger partial charge in [-0.25, -0.2) is 4.39 Å². The van der Waals surface area contributed by atoms with Crippen LogP contribution in [0.25, 0.3) is 6.08 Å². The summed E-state index contributed by atoms with van der Waals surface area (Å²) >= 11 is 0.790. The Bertz CT molecular complexity index is 759. The van der Waals surface area contributed by atoms with Gasteiger partial charge < -0.3 is 5.32 Å². The molecule has 0 aromatic heterocycles. The van der Waals surface area contributed by atoms with E-state index in [0.29, 0.717) is 12.3 Å². The molecule has 7 heteroatoms. The maximum absolute atomic E-state index is 13.7. The van der Waals surface area contributed by atoms with Crippen molar-refractivity contribution in [1.29, 1.82) is 0 Å². The second-order valence-corrected chi connectivity index (χ2v) is 7.89. The minimum absolute atomic E-state index is 0.0456. The zero-order chi connectivity index (χ0) is 19.2. The van der Waals surface area contributed by atoms with Crippen LogP contribution in [0.5, 0.6) is 0 Å². The standard InChI is InChI=1S/C20H23FN2O3S/c21-16-8-4-3-7-15(16)13-17-19(25)23(20(26)27-17)12-11-22-18(24)10-9-14-5-1-2-6-14/h3-4,7-8,13-14H,1-2,5-6,9-12H2,(H,22,24)/b17-13-. The first kappa shape index (κ1) is 19.6. The van der Waals surface area contributed by atoms with Gasteiger partial charge in [-0.2, -0.15) is 0 Å². The average Bonchev–Trinajstić information content (AvgIpc) is 3.25. The number of carbonyl (C=O) groups is 3. The molecule has 2 fully saturated rings. The molecule has 27 heavy (non-hydrogen) atoms. The number of nitrogens with one attached hydrogen (secondary N) is 1. The summed E-state index contributed by atoms with van der Waals surface area (Å²) in [4.78, 5) is 37.7. The lowest BCUT2D eigenvalue weighted by Crippen LogP contribution is -2.37. The number of thioether (sulfide) groups is 1. The number of nitrogens with zero attached hydrogens (tertiary/aromatic N) is 1. The van der Waals surface area contributed by atoms with E-state index >= 15 is 0 Å². The van der Waals surface area contributed by atoms with Crippen LogP contribution in [0.4, 0.5) is 9.18 Å². The van der Waals surface area contributed by atoms with Gasteiger partial charge in [0.05, 0.1) is 4.91 Å². The third-order valence-electron chi connectivity index (χ3n) is 4.98. The maximum Gasteiger partial charge on any atom is 0.293 e. The molecule has 1 aliphatic heterocycles. The molecular weight excluding hydrogens is 367 g/mol. The molecule has 2 aliphatic rings. The molecule has 0 bridgehead atoms. The Kier molecular flexibility index (Phi) is 6.66. The highest BCUT2D eigenvalue weighted by molar-refractivity contribution is 8.18. The number of halogens is 1. The first-order valence-electron chi connectivity index (χ1n) is 9.31. The molecule has 1 saturated heterocycles. The molecule has 1 saturated carbocycles. The molecule has 144 valence electrons. The molecule has 5 nitrogen and oxygen atoms in total. The zero-order valence-electron chi connectivity index (χ0n) is 15.1. The molecule has 0 atom stereocenters. The fourth-order valence-corrected chi connectivity index (χ4v) is 4.31. The summed E-state index contributed by atoms with van der Waals surface area (Å²) in [5, 5.41) is 2.37. The van der Waals surface area contributed by atoms with Gasteiger partial charge in [0.15, 0.2) is 0 Å². The first-order chi connectivity index (χ1) is 13.0. The minimum Gasteiger partial charge on any atom is -0.354 e. The maximum atomic E-state index is 13.7. The predicted molar refractivity (Wildman–Crippen MR) is 103 cm³/mol. The average molecular weight is 390 g/mol. The molecule has 1 aromatic rings. The Morgan fingerprint density at radius 3 is 2.74 bits per heavy atom. The van der Waals surface area contributed by atoms with E-state index in [9.17, 15) is 18.8 Å². The normalized spacial score (nSPS) is 19.3. The summed E-state index contributed by atoms with van der Waals surface area (Å²) in [5.41, 5.74) is 0.267. The molecule has 0 radical (unpaired) electrons.